The fraction of sp³-hybridized carbons (Fsp3) is 0.125. The molecule has 32 heavy (non-hydrogen) atoms. The Labute approximate surface area is 189 Å². The zero-order valence-corrected chi connectivity index (χ0v) is 18.5. The van der Waals surface area contributed by atoms with Gasteiger partial charge < -0.3 is 5.32 Å². The van der Waals surface area contributed by atoms with E-state index in [1.807, 2.05) is 47.9 Å². The van der Waals surface area contributed by atoms with Crippen molar-refractivity contribution in [3.8, 4) is 17.1 Å². The van der Waals surface area contributed by atoms with Gasteiger partial charge in [0.2, 0.25) is 5.91 Å². The SMILES string of the molecule is CC(=O)c1ccc(NC(=O)CSc2nnc(-c3cccnc3)n2-c2ccc(C)cc2)cc1. The first-order chi connectivity index (χ1) is 15.5. The molecule has 2 aromatic carbocycles. The van der Waals surface area contributed by atoms with E-state index in [0.29, 0.717) is 22.2 Å². The maximum Gasteiger partial charge on any atom is 0.234 e. The first-order valence-electron chi connectivity index (χ1n) is 9.98. The lowest BCUT2D eigenvalue weighted by Gasteiger charge is -2.11. The minimum absolute atomic E-state index is 0.0155. The molecule has 1 amide bonds. The Bertz CT molecular complexity index is 1240. The van der Waals surface area contributed by atoms with Gasteiger partial charge >= 0.3 is 0 Å². The van der Waals surface area contributed by atoms with Crippen molar-refractivity contribution in [3.63, 3.8) is 0 Å². The van der Waals surface area contributed by atoms with Crippen molar-refractivity contribution in [3.05, 3.63) is 84.2 Å². The summed E-state index contributed by atoms with van der Waals surface area (Å²) in [5.41, 5.74) is 4.13. The van der Waals surface area contributed by atoms with Crippen LogP contribution in [-0.4, -0.2) is 37.2 Å². The van der Waals surface area contributed by atoms with E-state index >= 15 is 0 Å². The number of hydrogen-bond donors (Lipinski definition) is 1. The number of thioether (sulfide) groups is 1. The number of rotatable bonds is 7. The summed E-state index contributed by atoms with van der Waals surface area (Å²) >= 11 is 1.30. The van der Waals surface area contributed by atoms with Gasteiger partial charge in [-0.15, -0.1) is 10.2 Å². The second-order valence-corrected chi connectivity index (χ2v) is 8.13. The second-order valence-electron chi connectivity index (χ2n) is 7.19. The summed E-state index contributed by atoms with van der Waals surface area (Å²) in [6.45, 7) is 3.54. The maximum atomic E-state index is 12.5. The van der Waals surface area contributed by atoms with Crippen LogP contribution >= 0.6 is 11.8 Å². The zero-order chi connectivity index (χ0) is 22.5. The fourth-order valence-corrected chi connectivity index (χ4v) is 3.84. The third kappa shape index (κ3) is 4.92. The number of ketones is 1. The summed E-state index contributed by atoms with van der Waals surface area (Å²) in [4.78, 5) is 28.1. The first kappa shape index (κ1) is 21.5. The van der Waals surface area contributed by atoms with Crippen molar-refractivity contribution in [1.29, 1.82) is 0 Å². The molecule has 0 aliphatic rings. The number of nitrogens with zero attached hydrogens (tertiary/aromatic N) is 4. The number of benzene rings is 2. The summed E-state index contributed by atoms with van der Waals surface area (Å²) in [6, 6.07) is 18.6. The number of aromatic nitrogens is 4. The van der Waals surface area contributed by atoms with E-state index < -0.39 is 0 Å². The summed E-state index contributed by atoms with van der Waals surface area (Å²) in [5.74, 6) is 0.626. The van der Waals surface area contributed by atoms with Crippen LogP contribution in [0.3, 0.4) is 0 Å². The third-order valence-corrected chi connectivity index (χ3v) is 5.68. The molecule has 0 spiro atoms. The second kappa shape index (κ2) is 9.57. The van der Waals surface area contributed by atoms with Gasteiger partial charge in [0.15, 0.2) is 16.8 Å². The number of amides is 1. The summed E-state index contributed by atoms with van der Waals surface area (Å²) in [7, 11) is 0. The molecule has 0 aliphatic carbocycles. The molecule has 8 heteroatoms. The van der Waals surface area contributed by atoms with Crippen molar-refractivity contribution in [2.75, 3.05) is 11.1 Å². The van der Waals surface area contributed by atoms with Crippen LogP contribution in [0.25, 0.3) is 17.1 Å². The highest BCUT2D eigenvalue weighted by molar-refractivity contribution is 7.99. The van der Waals surface area contributed by atoms with Crippen LogP contribution in [0.2, 0.25) is 0 Å². The van der Waals surface area contributed by atoms with Crippen molar-refractivity contribution >= 4 is 29.1 Å². The van der Waals surface area contributed by atoms with Gasteiger partial charge in [-0.3, -0.25) is 19.1 Å². The fourth-order valence-electron chi connectivity index (χ4n) is 3.09. The van der Waals surface area contributed by atoms with Gasteiger partial charge in [0, 0.05) is 34.9 Å². The monoisotopic (exact) mass is 443 g/mol. The van der Waals surface area contributed by atoms with Crippen LogP contribution in [0.1, 0.15) is 22.8 Å². The van der Waals surface area contributed by atoms with Gasteiger partial charge in [0.1, 0.15) is 0 Å². The molecule has 0 aliphatic heterocycles. The number of aryl methyl sites for hydroxylation is 1. The molecule has 0 atom stereocenters. The highest BCUT2D eigenvalue weighted by atomic mass is 32.2. The molecule has 7 nitrogen and oxygen atoms in total. The standard InChI is InChI=1S/C24H21N5O2S/c1-16-5-11-21(12-6-16)29-23(19-4-3-13-25-14-19)27-28-24(29)32-15-22(31)26-20-9-7-18(8-10-20)17(2)30/h3-14H,15H2,1-2H3,(H,26,31). The van der Waals surface area contributed by atoms with E-state index in [1.54, 1.807) is 36.7 Å². The van der Waals surface area contributed by atoms with Gasteiger partial charge in [0.25, 0.3) is 0 Å². The molecule has 2 aromatic heterocycles. The lowest BCUT2D eigenvalue weighted by molar-refractivity contribution is -0.113. The van der Waals surface area contributed by atoms with E-state index in [9.17, 15) is 9.59 Å². The van der Waals surface area contributed by atoms with E-state index in [2.05, 4.69) is 20.5 Å². The van der Waals surface area contributed by atoms with Gasteiger partial charge in [-0.2, -0.15) is 0 Å². The maximum absolute atomic E-state index is 12.5. The Morgan fingerprint density at radius 1 is 1.00 bits per heavy atom. The predicted octanol–water partition coefficient (Wildman–Crippen LogP) is 4.57. The number of anilines is 1. The van der Waals surface area contributed by atoms with Gasteiger partial charge in [-0.25, -0.2) is 0 Å². The first-order valence-corrected chi connectivity index (χ1v) is 11.0. The topological polar surface area (TPSA) is 89.8 Å². The number of hydrogen-bond acceptors (Lipinski definition) is 6. The highest BCUT2D eigenvalue weighted by Crippen LogP contribution is 2.28. The zero-order valence-electron chi connectivity index (χ0n) is 17.6. The third-order valence-electron chi connectivity index (χ3n) is 4.75. The summed E-state index contributed by atoms with van der Waals surface area (Å²) < 4.78 is 1.93. The molecular formula is C24H21N5O2S. The van der Waals surface area contributed by atoms with Crippen LogP contribution in [0.15, 0.2) is 78.2 Å². The number of carbonyl (C=O) groups excluding carboxylic acids is 2. The molecule has 1 N–H and O–H groups in total. The van der Waals surface area contributed by atoms with Crippen LogP contribution in [-0.2, 0) is 4.79 Å². The van der Waals surface area contributed by atoms with E-state index in [-0.39, 0.29) is 17.4 Å². The van der Waals surface area contributed by atoms with Crippen LogP contribution < -0.4 is 5.32 Å². The quantitative estimate of drug-likeness (QED) is 0.332. The van der Waals surface area contributed by atoms with E-state index in [4.69, 9.17) is 0 Å². The highest BCUT2D eigenvalue weighted by Gasteiger charge is 2.17. The molecule has 0 saturated heterocycles. The summed E-state index contributed by atoms with van der Waals surface area (Å²) in [5, 5.41) is 12.1. The normalized spacial score (nSPS) is 10.7. The van der Waals surface area contributed by atoms with E-state index in [0.717, 1.165) is 16.8 Å². The Kier molecular flexibility index (Phi) is 6.42. The largest absolute Gasteiger partial charge is 0.325 e. The van der Waals surface area contributed by atoms with Crippen molar-refractivity contribution < 1.29 is 9.59 Å². The molecule has 2 heterocycles. The molecule has 4 aromatic rings. The number of Topliss-reactive ketones (excluding diaryl/α,β-unsaturated/α-hetero) is 1. The molecule has 0 radical (unpaired) electrons. The van der Waals surface area contributed by atoms with Crippen molar-refractivity contribution in [1.82, 2.24) is 19.7 Å². The summed E-state index contributed by atoms with van der Waals surface area (Å²) in [6.07, 6.45) is 3.44. The molecule has 4 rings (SSSR count). The lowest BCUT2D eigenvalue weighted by atomic mass is 10.1. The molecule has 0 bridgehead atoms. The van der Waals surface area contributed by atoms with E-state index in [1.165, 1.54) is 18.7 Å². The van der Waals surface area contributed by atoms with Gasteiger partial charge in [-0.05, 0) is 62.4 Å². The average molecular weight is 444 g/mol. The van der Waals surface area contributed by atoms with Gasteiger partial charge in [0.05, 0.1) is 5.75 Å². The molecule has 0 saturated carbocycles. The molecule has 160 valence electrons. The van der Waals surface area contributed by atoms with Crippen molar-refractivity contribution in [2.45, 2.75) is 19.0 Å². The lowest BCUT2D eigenvalue weighted by Crippen LogP contribution is -2.14. The Hall–Kier alpha value is -3.78. The Balaban J connectivity index is 1.54. The molecule has 0 unspecified atom stereocenters. The average Bonchev–Trinajstić information content (AvgIpc) is 3.23. The van der Waals surface area contributed by atoms with Crippen LogP contribution in [0.4, 0.5) is 5.69 Å². The molecule has 0 fully saturated rings. The molecular weight excluding hydrogens is 422 g/mol. The van der Waals surface area contributed by atoms with Crippen LogP contribution in [0.5, 0.6) is 0 Å². The van der Waals surface area contributed by atoms with Crippen LogP contribution in [0, 0.1) is 6.92 Å². The minimum Gasteiger partial charge on any atom is -0.325 e. The van der Waals surface area contributed by atoms with Gasteiger partial charge in [-0.1, -0.05) is 29.5 Å². The predicted molar refractivity (Wildman–Crippen MR) is 125 cm³/mol. The number of pyridine rings is 1. The number of nitrogens with one attached hydrogen (secondary N) is 1. The smallest absolute Gasteiger partial charge is 0.234 e. The number of carbonyl (C=O) groups is 2. The Morgan fingerprint density at radius 2 is 1.75 bits per heavy atom. The van der Waals surface area contributed by atoms with Crippen molar-refractivity contribution in [2.24, 2.45) is 0 Å². The minimum atomic E-state index is -0.174. The Morgan fingerprint density at radius 3 is 2.41 bits per heavy atom.